The number of hydrogen-bond acceptors (Lipinski definition) is 5. The third kappa shape index (κ3) is 8.72. The van der Waals surface area contributed by atoms with Gasteiger partial charge in [-0.1, -0.05) is 73.3 Å². The van der Waals surface area contributed by atoms with E-state index in [9.17, 15) is 24.9 Å². The van der Waals surface area contributed by atoms with Gasteiger partial charge in [-0.05, 0) is 101 Å². The van der Waals surface area contributed by atoms with Crippen molar-refractivity contribution < 1.29 is 24.9 Å². The van der Waals surface area contributed by atoms with Gasteiger partial charge in [0.1, 0.15) is 0 Å². The normalized spacial score (nSPS) is 12.8. The Morgan fingerprint density at radius 2 is 1.39 bits per heavy atom. The maximum absolute atomic E-state index is 14.1. The van der Waals surface area contributed by atoms with Gasteiger partial charge < -0.3 is 25.1 Å². The van der Waals surface area contributed by atoms with Gasteiger partial charge in [0.15, 0.2) is 0 Å². The molecule has 248 valence electrons. The minimum absolute atomic E-state index is 0.143. The van der Waals surface area contributed by atoms with Gasteiger partial charge in [-0.15, -0.1) is 0 Å². The topological polar surface area (TPSA) is 101 Å². The van der Waals surface area contributed by atoms with Crippen LogP contribution in [0.4, 0.5) is 0 Å². The van der Waals surface area contributed by atoms with Crippen molar-refractivity contribution in [2.75, 3.05) is 26.3 Å². The predicted octanol–water partition coefficient (Wildman–Crippen LogP) is 6.35. The van der Waals surface area contributed by atoms with Crippen LogP contribution in [-0.2, 0) is 12.8 Å². The minimum atomic E-state index is -0.785. The number of aliphatic hydroxyl groups is 3. The van der Waals surface area contributed by atoms with E-state index in [0.29, 0.717) is 24.0 Å². The maximum Gasteiger partial charge on any atom is 0.255 e. The molecule has 0 radical (unpaired) electrons. The Hall–Kier alpha value is -3.78. The summed E-state index contributed by atoms with van der Waals surface area (Å²) in [5, 5.41) is 32.7. The summed E-state index contributed by atoms with van der Waals surface area (Å²) in [4.78, 5) is 31.5. The largest absolute Gasteiger partial charge is 0.395 e. The molecule has 0 fully saturated rings. The lowest BCUT2D eigenvalue weighted by atomic mass is 9.89. The molecule has 0 bridgehead atoms. The lowest BCUT2D eigenvalue weighted by Gasteiger charge is -2.36. The third-order valence-electron chi connectivity index (χ3n) is 8.41. The van der Waals surface area contributed by atoms with Gasteiger partial charge in [0.05, 0.1) is 24.9 Å². The molecule has 0 spiro atoms. The number of rotatable bonds is 13. The van der Waals surface area contributed by atoms with Gasteiger partial charge in [0, 0.05) is 29.7 Å². The van der Waals surface area contributed by atoms with Crippen LogP contribution in [0.15, 0.2) is 67.3 Å². The fraction of sp³-hybridized carbons (Fsp3) is 0.436. The lowest BCUT2D eigenvalue weighted by Crippen LogP contribution is -2.47. The van der Waals surface area contributed by atoms with Crippen molar-refractivity contribution in [1.82, 2.24) is 9.80 Å². The Kier molecular flexibility index (Phi) is 12.5. The first kappa shape index (κ1) is 36.7. The number of aryl methyl sites for hydroxylation is 1. The maximum atomic E-state index is 14.1. The number of amides is 2. The van der Waals surface area contributed by atoms with Crippen molar-refractivity contribution in [3.63, 3.8) is 0 Å². The van der Waals surface area contributed by atoms with Crippen LogP contribution in [0.1, 0.15) is 90.9 Å². The molecule has 0 saturated carbocycles. The zero-order valence-corrected chi connectivity index (χ0v) is 28.6. The number of hydrogen-bond donors (Lipinski definition) is 3. The molecule has 46 heavy (non-hydrogen) atoms. The van der Waals surface area contributed by atoms with E-state index >= 15 is 0 Å². The molecular weight excluding hydrogens is 576 g/mol. The molecule has 0 heterocycles. The van der Waals surface area contributed by atoms with Crippen LogP contribution < -0.4 is 0 Å². The molecule has 3 rings (SSSR count). The summed E-state index contributed by atoms with van der Waals surface area (Å²) in [6.07, 6.45) is 5.70. The van der Waals surface area contributed by atoms with Gasteiger partial charge >= 0.3 is 0 Å². The Morgan fingerprint density at radius 1 is 0.826 bits per heavy atom. The summed E-state index contributed by atoms with van der Waals surface area (Å²) in [5.41, 5.74) is 3.33. The van der Waals surface area contributed by atoms with E-state index in [0.717, 1.165) is 33.0 Å². The molecular formula is C39H52N2O5. The average molecular weight is 629 g/mol. The van der Waals surface area contributed by atoms with Crippen LogP contribution >= 0.6 is 0 Å². The number of β-amino-alcohol motifs (C(OH)–C–C–N with tert-alkyl or cyclic N) is 2. The first-order chi connectivity index (χ1) is 21.6. The fourth-order valence-corrected chi connectivity index (χ4v) is 6.01. The number of carbonyl (C=O) groups is 2. The second-order valence-electron chi connectivity index (χ2n) is 13.8. The predicted molar refractivity (Wildman–Crippen MR) is 188 cm³/mol. The van der Waals surface area contributed by atoms with E-state index in [1.807, 2.05) is 109 Å². The number of carbonyl (C=O) groups excluding carboxylic acids is 2. The Bertz CT molecular complexity index is 1560. The highest BCUT2D eigenvalue weighted by atomic mass is 16.3. The Labute approximate surface area is 274 Å². The summed E-state index contributed by atoms with van der Waals surface area (Å²) < 4.78 is 0. The lowest BCUT2D eigenvalue weighted by molar-refractivity contribution is 0.0517. The van der Waals surface area contributed by atoms with Gasteiger partial charge in [0.2, 0.25) is 0 Å². The highest BCUT2D eigenvalue weighted by Crippen LogP contribution is 2.30. The smallest absolute Gasteiger partial charge is 0.255 e. The fourth-order valence-electron chi connectivity index (χ4n) is 6.01. The van der Waals surface area contributed by atoms with E-state index in [1.54, 1.807) is 15.9 Å². The van der Waals surface area contributed by atoms with Crippen molar-refractivity contribution in [1.29, 1.82) is 0 Å². The van der Waals surface area contributed by atoms with E-state index < -0.39 is 17.2 Å². The van der Waals surface area contributed by atoms with E-state index in [1.165, 1.54) is 0 Å². The number of aliphatic hydroxyl groups excluding tert-OH is 3. The highest BCUT2D eigenvalue weighted by molar-refractivity contribution is 6.08. The highest BCUT2D eigenvalue weighted by Gasteiger charge is 2.31. The van der Waals surface area contributed by atoms with Gasteiger partial charge in [-0.3, -0.25) is 9.59 Å². The number of allylic oxidation sites excluding steroid dienone is 2. The quantitative estimate of drug-likeness (QED) is 0.192. The number of fused-ring (bicyclic) bond motifs is 1. The van der Waals surface area contributed by atoms with E-state index in [-0.39, 0.29) is 44.5 Å². The van der Waals surface area contributed by atoms with Crippen molar-refractivity contribution in [3.05, 3.63) is 101 Å². The minimum Gasteiger partial charge on any atom is -0.395 e. The first-order valence-electron chi connectivity index (χ1n) is 16.1. The third-order valence-corrected chi connectivity index (χ3v) is 8.41. The van der Waals surface area contributed by atoms with Crippen LogP contribution in [0.5, 0.6) is 0 Å². The van der Waals surface area contributed by atoms with E-state index in [4.69, 9.17) is 0 Å². The summed E-state index contributed by atoms with van der Waals surface area (Å²) >= 11 is 0. The molecule has 1 atom stereocenters. The van der Waals surface area contributed by atoms with E-state index in [2.05, 4.69) is 6.58 Å². The molecule has 3 N–H and O–H groups in total. The zero-order chi connectivity index (χ0) is 34.2. The first-order valence-corrected chi connectivity index (χ1v) is 16.1. The number of benzene rings is 3. The molecule has 0 aliphatic carbocycles. The summed E-state index contributed by atoms with van der Waals surface area (Å²) in [6.45, 7) is 17.4. The summed E-state index contributed by atoms with van der Waals surface area (Å²) in [5.74, 6) is -0.343. The SMILES string of the molecule is C=C/C=C\c1ccc(CC(O)CCc2ccc3ccccc3c2C(=O)N(CCO)C(C)(C)C)c(C(=O)N(CCO)C(C)(C)C)c1C. The molecule has 3 aromatic carbocycles. The average Bonchev–Trinajstić information content (AvgIpc) is 2.99. The van der Waals surface area contributed by atoms with Crippen LogP contribution in [0, 0.1) is 6.92 Å². The van der Waals surface area contributed by atoms with Crippen LogP contribution in [-0.4, -0.2) is 80.4 Å². The Morgan fingerprint density at radius 3 is 1.96 bits per heavy atom. The molecule has 1 unspecified atom stereocenters. The van der Waals surface area contributed by atoms with Crippen molar-refractivity contribution in [2.45, 2.75) is 84.9 Å². The van der Waals surface area contributed by atoms with Crippen LogP contribution in [0.25, 0.3) is 16.8 Å². The van der Waals surface area contributed by atoms with Crippen molar-refractivity contribution in [3.8, 4) is 0 Å². The van der Waals surface area contributed by atoms with Gasteiger partial charge in [-0.25, -0.2) is 0 Å². The zero-order valence-electron chi connectivity index (χ0n) is 28.6. The van der Waals surface area contributed by atoms with Crippen molar-refractivity contribution in [2.24, 2.45) is 0 Å². The summed E-state index contributed by atoms with van der Waals surface area (Å²) in [6, 6.07) is 15.6. The Balaban J connectivity index is 2.00. The second-order valence-corrected chi connectivity index (χ2v) is 13.8. The molecule has 7 heteroatoms. The second kappa shape index (κ2) is 15.7. The molecule has 0 aromatic heterocycles. The van der Waals surface area contributed by atoms with Crippen LogP contribution in [0.2, 0.25) is 0 Å². The molecule has 0 saturated heterocycles. The van der Waals surface area contributed by atoms with Crippen molar-refractivity contribution >= 4 is 28.7 Å². The standard InChI is InChI=1S/C39H52N2O5/c1-9-10-13-28-16-19-31(34(27(28)2)36(45)40(22-24-42)38(3,4)5)26-32(44)21-20-30-18-17-29-14-11-12-15-33(29)35(30)37(46)41(23-25-43)39(6,7)8/h9-19,32,42-44H,1,20-26H2,2-8H3/b13-10-. The molecule has 0 aliphatic rings. The van der Waals surface area contributed by atoms with Gasteiger partial charge in [0.25, 0.3) is 11.8 Å². The molecule has 0 aliphatic heterocycles. The molecule has 3 aromatic rings. The van der Waals surface area contributed by atoms with Crippen LogP contribution in [0.3, 0.4) is 0 Å². The molecule has 2 amide bonds. The monoisotopic (exact) mass is 628 g/mol. The molecule has 7 nitrogen and oxygen atoms in total. The van der Waals surface area contributed by atoms with Gasteiger partial charge in [-0.2, -0.15) is 0 Å². The summed E-state index contributed by atoms with van der Waals surface area (Å²) in [7, 11) is 0. The number of nitrogens with zero attached hydrogens (tertiary/aromatic N) is 2.